The fourth-order valence-corrected chi connectivity index (χ4v) is 4.30. The zero-order valence-corrected chi connectivity index (χ0v) is 11.2. The van der Waals surface area contributed by atoms with Gasteiger partial charge in [0, 0.05) is 12.6 Å². The molecule has 1 saturated heterocycles. The van der Waals surface area contributed by atoms with Gasteiger partial charge in [0.05, 0.1) is 5.75 Å². The number of unbranched alkanes of at least 4 members (excludes halogenated alkanes) is 1. The Labute approximate surface area is 99.2 Å². The summed E-state index contributed by atoms with van der Waals surface area (Å²) in [5, 5.41) is 0. The molecule has 0 aromatic rings. The van der Waals surface area contributed by atoms with Gasteiger partial charge in [0.25, 0.3) is 0 Å². The van der Waals surface area contributed by atoms with E-state index in [4.69, 9.17) is 5.73 Å². The van der Waals surface area contributed by atoms with Crippen molar-refractivity contribution < 1.29 is 8.42 Å². The summed E-state index contributed by atoms with van der Waals surface area (Å²) in [6.07, 6.45) is 3.48. The summed E-state index contributed by atoms with van der Waals surface area (Å²) < 4.78 is 25.9. The minimum absolute atomic E-state index is 0.211. The molecule has 96 valence electrons. The lowest BCUT2D eigenvalue weighted by Gasteiger charge is -2.26. The van der Waals surface area contributed by atoms with Crippen molar-refractivity contribution in [1.82, 2.24) is 4.31 Å². The standard InChI is InChI=1S/C11H24N2O2S/c1-10(2)11-6-5-8-13(11)16(14,15)9-4-3-7-12/h10-11H,3-9,12H2,1-2H3. The highest BCUT2D eigenvalue weighted by molar-refractivity contribution is 7.89. The van der Waals surface area contributed by atoms with Crippen LogP contribution in [0.5, 0.6) is 0 Å². The summed E-state index contributed by atoms with van der Waals surface area (Å²) in [5.41, 5.74) is 5.38. The maximum Gasteiger partial charge on any atom is 0.214 e. The van der Waals surface area contributed by atoms with Gasteiger partial charge in [0.15, 0.2) is 0 Å². The van der Waals surface area contributed by atoms with Gasteiger partial charge >= 0.3 is 0 Å². The van der Waals surface area contributed by atoms with Gasteiger partial charge in [0.2, 0.25) is 10.0 Å². The molecule has 1 fully saturated rings. The SMILES string of the molecule is CC(C)C1CCCN1S(=O)(=O)CCCCN. The Morgan fingerprint density at radius 3 is 2.62 bits per heavy atom. The van der Waals surface area contributed by atoms with Crippen LogP contribution in [-0.4, -0.2) is 37.6 Å². The predicted molar refractivity (Wildman–Crippen MR) is 66.6 cm³/mol. The Morgan fingerprint density at radius 2 is 2.06 bits per heavy atom. The van der Waals surface area contributed by atoms with Gasteiger partial charge in [-0.1, -0.05) is 13.8 Å². The fourth-order valence-electron chi connectivity index (χ4n) is 2.32. The summed E-state index contributed by atoms with van der Waals surface area (Å²) in [7, 11) is -3.05. The van der Waals surface area contributed by atoms with Crippen molar-refractivity contribution in [2.24, 2.45) is 11.7 Å². The molecule has 0 spiro atoms. The van der Waals surface area contributed by atoms with E-state index in [0.29, 0.717) is 25.4 Å². The van der Waals surface area contributed by atoms with E-state index in [9.17, 15) is 8.42 Å². The molecule has 0 aromatic carbocycles. The van der Waals surface area contributed by atoms with Crippen molar-refractivity contribution in [2.45, 2.75) is 45.6 Å². The van der Waals surface area contributed by atoms with E-state index < -0.39 is 10.0 Å². The topological polar surface area (TPSA) is 63.4 Å². The number of hydrogen-bond donors (Lipinski definition) is 1. The van der Waals surface area contributed by atoms with Crippen LogP contribution in [0, 0.1) is 5.92 Å². The molecule has 0 radical (unpaired) electrons. The quantitative estimate of drug-likeness (QED) is 0.718. The van der Waals surface area contributed by atoms with Gasteiger partial charge in [-0.25, -0.2) is 8.42 Å². The van der Waals surface area contributed by atoms with Crippen molar-refractivity contribution in [3.8, 4) is 0 Å². The number of rotatable bonds is 6. The number of nitrogens with two attached hydrogens (primary N) is 1. The molecule has 1 heterocycles. The predicted octanol–water partition coefficient (Wildman–Crippen LogP) is 1.18. The van der Waals surface area contributed by atoms with Gasteiger partial charge in [-0.05, 0) is 38.1 Å². The summed E-state index contributed by atoms with van der Waals surface area (Å²) in [4.78, 5) is 0. The van der Waals surface area contributed by atoms with E-state index in [2.05, 4.69) is 13.8 Å². The van der Waals surface area contributed by atoms with Crippen molar-refractivity contribution in [3.63, 3.8) is 0 Å². The Bertz CT molecular complexity index is 301. The summed E-state index contributed by atoms with van der Waals surface area (Å²) >= 11 is 0. The molecule has 16 heavy (non-hydrogen) atoms. The first-order valence-electron chi connectivity index (χ1n) is 6.18. The molecule has 4 nitrogen and oxygen atoms in total. The average molecular weight is 248 g/mol. The summed E-state index contributed by atoms with van der Waals surface area (Å²) in [6.45, 7) is 5.47. The molecule has 0 bridgehead atoms. The Morgan fingerprint density at radius 1 is 1.38 bits per heavy atom. The number of sulfonamides is 1. The largest absolute Gasteiger partial charge is 0.330 e. The monoisotopic (exact) mass is 248 g/mol. The highest BCUT2D eigenvalue weighted by Crippen LogP contribution is 2.27. The highest BCUT2D eigenvalue weighted by atomic mass is 32.2. The second-order valence-corrected chi connectivity index (χ2v) is 6.92. The van der Waals surface area contributed by atoms with Gasteiger partial charge in [-0.2, -0.15) is 4.31 Å². The molecule has 0 saturated carbocycles. The lowest BCUT2D eigenvalue weighted by Crippen LogP contribution is -2.39. The van der Waals surface area contributed by atoms with Crippen LogP contribution in [0.2, 0.25) is 0 Å². The smallest absolute Gasteiger partial charge is 0.214 e. The molecular formula is C11H24N2O2S. The molecular weight excluding hydrogens is 224 g/mol. The number of hydrogen-bond acceptors (Lipinski definition) is 3. The first kappa shape index (κ1) is 13.9. The lowest BCUT2D eigenvalue weighted by molar-refractivity contribution is 0.315. The number of nitrogens with zero attached hydrogens (tertiary/aromatic N) is 1. The molecule has 1 atom stereocenters. The van der Waals surface area contributed by atoms with E-state index in [-0.39, 0.29) is 11.8 Å². The van der Waals surface area contributed by atoms with Crippen LogP contribution in [0.25, 0.3) is 0 Å². The molecule has 1 unspecified atom stereocenters. The Hall–Kier alpha value is -0.130. The van der Waals surface area contributed by atoms with Crippen LogP contribution in [0.1, 0.15) is 39.5 Å². The zero-order chi connectivity index (χ0) is 12.2. The van der Waals surface area contributed by atoms with Gasteiger partial charge in [-0.15, -0.1) is 0 Å². The zero-order valence-electron chi connectivity index (χ0n) is 10.4. The fraction of sp³-hybridized carbons (Fsp3) is 1.00. The van der Waals surface area contributed by atoms with Crippen LogP contribution >= 0.6 is 0 Å². The first-order chi connectivity index (χ1) is 7.49. The van der Waals surface area contributed by atoms with Crippen molar-refractivity contribution in [1.29, 1.82) is 0 Å². The van der Waals surface area contributed by atoms with E-state index in [1.54, 1.807) is 4.31 Å². The van der Waals surface area contributed by atoms with Crippen LogP contribution in [0.4, 0.5) is 0 Å². The third-order valence-electron chi connectivity index (χ3n) is 3.23. The minimum Gasteiger partial charge on any atom is -0.330 e. The third kappa shape index (κ3) is 3.43. The molecule has 5 heteroatoms. The molecule has 0 aliphatic carbocycles. The highest BCUT2D eigenvalue weighted by Gasteiger charge is 2.35. The molecule has 2 N–H and O–H groups in total. The van der Waals surface area contributed by atoms with Crippen LogP contribution in [-0.2, 0) is 10.0 Å². The van der Waals surface area contributed by atoms with Crippen molar-refractivity contribution in [2.75, 3.05) is 18.8 Å². The van der Waals surface area contributed by atoms with E-state index in [0.717, 1.165) is 19.3 Å². The van der Waals surface area contributed by atoms with E-state index >= 15 is 0 Å². The van der Waals surface area contributed by atoms with Gasteiger partial charge < -0.3 is 5.73 Å². The second-order valence-electron chi connectivity index (χ2n) is 4.88. The molecule has 1 rings (SSSR count). The summed E-state index contributed by atoms with van der Waals surface area (Å²) in [5.74, 6) is 0.666. The van der Waals surface area contributed by atoms with Crippen LogP contribution in [0.15, 0.2) is 0 Å². The maximum atomic E-state index is 12.1. The lowest BCUT2D eigenvalue weighted by atomic mass is 10.0. The molecule has 1 aliphatic rings. The second kappa shape index (κ2) is 5.98. The molecule has 1 aliphatic heterocycles. The van der Waals surface area contributed by atoms with E-state index in [1.165, 1.54) is 0 Å². The Balaban J connectivity index is 2.60. The average Bonchev–Trinajstić information content (AvgIpc) is 2.66. The summed E-state index contributed by atoms with van der Waals surface area (Å²) in [6, 6.07) is 0.211. The van der Waals surface area contributed by atoms with Crippen LogP contribution < -0.4 is 5.73 Å². The maximum absolute atomic E-state index is 12.1. The van der Waals surface area contributed by atoms with E-state index in [1.807, 2.05) is 0 Å². The van der Waals surface area contributed by atoms with Crippen LogP contribution in [0.3, 0.4) is 0 Å². The molecule has 0 aromatic heterocycles. The van der Waals surface area contributed by atoms with Gasteiger partial charge in [0.1, 0.15) is 0 Å². The Kier molecular flexibility index (Phi) is 5.21. The van der Waals surface area contributed by atoms with Crippen molar-refractivity contribution in [3.05, 3.63) is 0 Å². The van der Waals surface area contributed by atoms with Crippen molar-refractivity contribution >= 4 is 10.0 Å². The van der Waals surface area contributed by atoms with Gasteiger partial charge in [-0.3, -0.25) is 0 Å². The normalized spacial score (nSPS) is 23.1. The third-order valence-corrected chi connectivity index (χ3v) is 5.20. The molecule has 0 amide bonds. The minimum atomic E-state index is -3.05. The first-order valence-corrected chi connectivity index (χ1v) is 7.79.